The number of hydrogen-bond acceptors (Lipinski definition) is 7. The lowest BCUT2D eigenvalue weighted by atomic mass is 10.2. The first-order valence-corrected chi connectivity index (χ1v) is 12.4. The molecule has 3 N–H and O–H groups in total. The minimum absolute atomic E-state index is 0.304. The lowest BCUT2D eigenvalue weighted by Crippen LogP contribution is -2.36. The summed E-state index contributed by atoms with van der Waals surface area (Å²) < 4.78 is 7.32. The van der Waals surface area contributed by atoms with E-state index in [9.17, 15) is 4.79 Å². The van der Waals surface area contributed by atoms with Crippen LogP contribution in [0.3, 0.4) is 0 Å². The number of hydrogen-bond donors (Lipinski definition) is 3. The maximum atomic E-state index is 12.5. The van der Waals surface area contributed by atoms with Gasteiger partial charge in [-0.25, -0.2) is 14.8 Å². The summed E-state index contributed by atoms with van der Waals surface area (Å²) >= 11 is 0. The fourth-order valence-corrected chi connectivity index (χ4v) is 4.08. The highest BCUT2D eigenvalue weighted by atomic mass is 16.5. The Labute approximate surface area is 215 Å². The second kappa shape index (κ2) is 11.5. The van der Waals surface area contributed by atoms with Crippen molar-refractivity contribution in [1.82, 2.24) is 19.5 Å². The maximum Gasteiger partial charge on any atom is 0.323 e. The summed E-state index contributed by atoms with van der Waals surface area (Å²) in [6.07, 6.45) is 6.32. The van der Waals surface area contributed by atoms with Gasteiger partial charge in [-0.05, 0) is 61.0 Å². The summed E-state index contributed by atoms with van der Waals surface area (Å²) in [5.41, 5.74) is 3.43. The predicted octanol–water partition coefficient (Wildman–Crippen LogP) is 4.63. The fourth-order valence-electron chi connectivity index (χ4n) is 4.08. The third-order valence-corrected chi connectivity index (χ3v) is 5.96. The predicted molar refractivity (Wildman–Crippen MR) is 145 cm³/mol. The molecular formula is C27H30N8O2. The number of morpholine rings is 1. The second-order valence-electron chi connectivity index (χ2n) is 8.59. The van der Waals surface area contributed by atoms with Crippen LogP contribution in [0.15, 0.2) is 73.2 Å². The van der Waals surface area contributed by atoms with Crippen molar-refractivity contribution < 1.29 is 9.53 Å². The largest absolute Gasteiger partial charge is 0.378 e. The minimum Gasteiger partial charge on any atom is -0.378 e. The molecule has 2 aromatic heterocycles. The third kappa shape index (κ3) is 6.04. The van der Waals surface area contributed by atoms with Crippen molar-refractivity contribution in [3.05, 3.63) is 73.2 Å². The van der Waals surface area contributed by atoms with Gasteiger partial charge in [-0.3, -0.25) is 4.57 Å². The van der Waals surface area contributed by atoms with E-state index in [1.54, 1.807) is 12.4 Å². The van der Waals surface area contributed by atoms with Crippen molar-refractivity contribution in [2.45, 2.75) is 13.3 Å². The highest BCUT2D eigenvalue weighted by molar-refractivity contribution is 5.99. The summed E-state index contributed by atoms with van der Waals surface area (Å²) in [6.45, 7) is 6.13. The zero-order chi connectivity index (χ0) is 25.5. The summed E-state index contributed by atoms with van der Waals surface area (Å²) in [4.78, 5) is 28.2. The number of nitrogens with zero attached hydrogens (tertiary/aromatic N) is 5. The lowest BCUT2D eigenvalue weighted by molar-refractivity contribution is 0.122. The first kappa shape index (κ1) is 24.3. The van der Waals surface area contributed by atoms with E-state index in [4.69, 9.17) is 4.74 Å². The van der Waals surface area contributed by atoms with Gasteiger partial charge in [0, 0.05) is 60.9 Å². The standard InChI is InChI=1S/C27H30N8O2/c1-2-12-29-26-30-13-11-24(33-26)35-15-14-28-25(35)20-3-5-21(6-4-20)31-27(36)32-22-7-9-23(10-8-22)34-16-18-37-19-17-34/h3-11,13-15H,2,12,16-19H2,1H3,(H,29,30,33)(H2,31,32,36). The fraction of sp³-hybridized carbons (Fsp3) is 0.259. The molecule has 0 unspecified atom stereocenters. The number of carbonyl (C=O) groups excluding carboxylic acids is 1. The van der Waals surface area contributed by atoms with E-state index in [2.05, 4.69) is 42.7 Å². The van der Waals surface area contributed by atoms with Gasteiger partial charge in [-0.15, -0.1) is 0 Å². The molecule has 37 heavy (non-hydrogen) atoms. The summed E-state index contributed by atoms with van der Waals surface area (Å²) in [7, 11) is 0. The van der Waals surface area contributed by atoms with Crippen molar-refractivity contribution >= 4 is 29.0 Å². The highest BCUT2D eigenvalue weighted by Gasteiger charge is 2.12. The van der Waals surface area contributed by atoms with Gasteiger partial charge in [0.25, 0.3) is 0 Å². The van der Waals surface area contributed by atoms with Crippen LogP contribution < -0.4 is 20.9 Å². The number of aromatic nitrogens is 4. The van der Waals surface area contributed by atoms with Crippen molar-refractivity contribution in [3.63, 3.8) is 0 Å². The number of nitrogens with one attached hydrogen (secondary N) is 3. The molecule has 190 valence electrons. The van der Waals surface area contributed by atoms with Gasteiger partial charge in [0.1, 0.15) is 11.6 Å². The van der Waals surface area contributed by atoms with E-state index in [1.807, 2.05) is 65.4 Å². The van der Waals surface area contributed by atoms with Crippen molar-refractivity contribution in [3.8, 4) is 17.2 Å². The number of rotatable bonds is 8. The van der Waals surface area contributed by atoms with Crippen molar-refractivity contribution in [1.29, 1.82) is 0 Å². The first-order valence-electron chi connectivity index (χ1n) is 12.4. The van der Waals surface area contributed by atoms with E-state index in [0.717, 1.165) is 67.8 Å². The van der Waals surface area contributed by atoms with Crippen LogP contribution in [0.2, 0.25) is 0 Å². The van der Waals surface area contributed by atoms with Gasteiger partial charge in [0.05, 0.1) is 13.2 Å². The Hall–Kier alpha value is -4.44. The number of carbonyl (C=O) groups is 1. The molecule has 0 atom stereocenters. The van der Waals surface area contributed by atoms with E-state index in [-0.39, 0.29) is 6.03 Å². The Morgan fingerprint density at radius 3 is 2.32 bits per heavy atom. The van der Waals surface area contributed by atoms with Crippen LogP contribution in [0.4, 0.5) is 27.8 Å². The SMILES string of the molecule is CCCNc1nccc(-n2ccnc2-c2ccc(NC(=O)Nc3ccc(N4CCOCC4)cc3)cc2)n1. The number of amides is 2. The Bertz CT molecular complexity index is 1320. The van der Waals surface area contributed by atoms with Crippen molar-refractivity contribution in [2.75, 3.05) is 53.7 Å². The monoisotopic (exact) mass is 498 g/mol. The molecular weight excluding hydrogens is 468 g/mol. The van der Waals surface area contributed by atoms with Gasteiger partial charge < -0.3 is 25.6 Å². The molecule has 10 nitrogen and oxygen atoms in total. The Balaban J connectivity index is 1.21. The molecule has 0 saturated carbocycles. The maximum absolute atomic E-state index is 12.5. The van der Waals surface area contributed by atoms with Gasteiger partial charge in [-0.1, -0.05) is 6.92 Å². The van der Waals surface area contributed by atoms with E-state index >= 15 is 0 Å². The summed E-state index contributed by atoms with van der Waals surface area (Å²) in [6, 6.07) is 16.9. The van der Waals surface area contributed by atoms with Gasteiger partial charge >= 0.3 is 6.03 Å². The molecule has 0 bridgehead atoms. The van der Waals surface area contributed by atoms with Crippen LogP contribution in [0.1, 0.15) is 13.3 Å². The van der Waals surface area contributed by atoms with E-state index in [1.165, 1.54) is 0 Å². The van der Waals surface area contributed by atoms with Gasteiger partial charge in [-0.2, -0.15) is 4.98 Å². The number of imidazole rings is 1. The number of urea groups is 1. The highest BCUT2D eigenvalue weighted by Crippen LogP contribution is 2.23. The smallest absolute Gasteiger partial charge is 0.323 e. The third-order valence-electron chi connectivity index (χ3n) is 5.96. The number of benzene rings is 2. The first-order chi connectivity index (χ1) is 18.2. The molecule has 10 heteroatoms. The van der Waals surface area contributed by atoms with Crippen molar-refractivity contribution in [2.24, 2.45) is 0 Å². The van der Waals surface area contributed by atoms with Crippen LogP contribution in [0, 0.1) is 0 Å². The summed E-state index contributed by atoms with van der Waals surface area (Å²) in [5.74, 6) is 2.05. The zero-order valence-electron chi connectivity index (χ0n) is 20.7. The average Bonchev–Trinajstić information content (AvgIpc) is 3.43. The topological polar surface area (TPSA) is 109 Å². The molecule has 2 aromatic carbocycles. The minimum atomic E-state index is -0.304. The molecule has 1 aliphatic rings. The van der Waals surface area contributed by atoms with Crippen LogP contribution in [0.25, 0.3) is 17.2 Å². The molecule has 0 spiro atoms. The average molecular weight is 499 g/mol. The Morgan fingerprint density at radius 2 is 1.62 bits per heavy atom. The quantitative estimate of drug-likeness (QED) is 0.325. The molecule has 0 aliphatic carbocycles. The molecule has 1 saturated heterocycles. The van der Waals surface area contributed by atoms with E-state index < -0.39 is 0 Å². The van der Waals surface area contributed by atoms with Crippen LogP contribution in [0.5, 0.6) is 0 Å². The number of ether oxygens (including phenoxy) is 1. The van der Waals surface area contributed by atoms with Gasteiger partial charge in [0.2, 0.25) is 5.95 Å². The Morgan fingerprint density at radius 1 is 0.919 bits per heavy atom. The van der Waals surface area contributed by atoms with Crippen LogP contribution in [-0.4, -0.2) is 58.4 Å². The second-order valence-corrected chi connectivity index (χ2v) is 8.59. The summed E-state index contributed by atoms with van der Waals surface area (Å²) in [5, 5.41) is 8.97. The Kier molecular flexibility index (Phi) is 7.56. The molecule has 1 fully saturated rings. The lowest BCUT2D eigenvalue weighted by Gasteiger charge is -2.28. The normalized spacial score (nSPS) is 13.3. The molecule has 1 aliphatic heterocycles. The zero-order valence-corrected chi connectivity index (χ0v) is 20.7. The molecule has 3 heterocycles. The molecule has 0 radical (unpaired) electrons. The molecule has 2 amide bonds. The van der Waals surface area contributed by atoms with Crippen LogP contribution in [-0.2, 0) is 4.74 Å². The van der Waals surface area contributed by atoms with Crippen LogP contribution >= 0.6 is 0 Å². The molecule has 4 aromatic rings. The van der Waals surface area contributed by atoms with E-state index in [0.29, 0.717) is 11.6 Å². The number of anilines is 4. The molecule has 5 rings (SSSR count). The van der Waals surface area contributed by atoms with Gasteiger partial charge in [0.15, 0.2) is 0 Å².